The van der Waals surface area contributed by atoms with E-state index in [0.717, 1.165) is 25.9 Å². The molecule has 0 aliphatic carbocycles. The zero-order valence-electron chi connectivity index (χ0n) is 11.4. The highest BCUT2D eigenvalue weighted by Crippen LogP contribution is 2.24. The number of anilines is 1. The Morgan fingerprint density at radius 3 is 3.29 bits per heavy atom. The first-order valence-corrected chi connectivity index (χ1v) is 7.27. The third-order valence-electron chi connectivity index (χ3n) is 3.90. The Balaban J connectivity index is 1.62. The van der Waals surface area contributed by atoms with Crippen LogP contribution in [0.3, 0.4) is 0 Å². The van der Waals surface area contributed by atoms with Crippen molar-refractivity contribution >= 4 is 23.1 Å². The summed E-state index contributed by atoms with van der Waals surface area (Å²) < 4.78 is 5.79. The molecule has 3 rings (SSSR count). The van der Waals surface area contributed by atoms with Gasteiger partial charge in [-0.2, -0.15) is 4.98 Å². The minimum Gasteiger partial charge on any atom is -0.373 e. The van der Waals surface area contributed by atoms with E-state index in [4.69, 9.17) is 16.3 Å². The normalized spacial score (nSPS) is 25.6. The van der Waals surface area contributed by atoms with Crippen LogP contribution in [0.2, 0.25) is 5.28 Å². The van der Waals surface area contributed by atoms with Gasteiger partial charge in [-0.25, -0.2) is 4.98 Å². The van der Waals surface area contributed by atoms with E-state index in [1.54, 1.807) is 0 Å². The molecule has 0 bridgehead atoms. The summed E-state index contributed by atoms with van der Waals surface area (Å²) in [5.41, 5.74) is -0.186. The summed E-state index contributed by atoms with van der Waals surface area (Å²) >= 11 is 5.69. The lowest BCUT2D eigenvalue weighted by Gasteiger charge is -2.35. The zero-order valence-corrected chi connectivity index (χ0v) is 12.1. The van der Waals surface area contributed by atoms with Gasteiger partial charge in [0.25, 0.3) is 0 Å². The summed E-state index contributed by atoms with van der Waals surface area (Å²) in [6.45, 7) is 3.12. The smallest absolute Gasteiger partial charge is 0.329 e. The Kier molecular flexibility index (Phi) is 4.18. The van der Waals surface area contributed by atoms with Crippen LogP contribution in [0, 0.1) is 10.1 Å². The Morgan fingerprint density at radius 2 is 2.48 bits per heavy atom. The molecule has 0 amide bonds. The molecule has 2 aliphatic heterocycles. The van der Waals surface area contributed by atoms with Gasteiger partial charge < -0.3 is 10.1 Å². The second-order valence-electron chi connectivity index (χ2n) is 5.26. The lowest BCUT2D eigenvalue weighted by Crippen LogP contribution is -2.48. The van der Waals surface area contributed by atoms with Crippen LogP contribution in [0.25, 0.3) is 0 Å². The molecule has 8 nitrogen and oxygen atoms in total. The topological polar surface area (TPSA) is 93.4 Å². The molecule has 114 valence electrons. The molecule has 2 fully saturated rings. The largest absolute Gasteiger partial charge is 0.373 e. The third kappa shape index (κ3) is 3.22. The van der Waals surface area contributed by atoms with Gasteiger partial charge in [0.1, 0.15) is 6.20 Å². The molecule has 2 saturated heterocycles. The molecule has 1 aromatic heterocycles. The van der Waals surface area contributed by atoms with E-state index in [1.807, 2.05) is 0 Å². The van der Waals surface area contributed by atoms with Crippen LogP contribution in [0.4, 0.5) is 11.5 Å². The highest BCUT2D eigenvalue weighted by molar-refractivity contribution is 6.28. The van der Waals surface area contributed by atoms with Gasteiger partial charge in [-0.15, -0.1) is 0 Å². The van der Waals surface area contributed by atoms with Gasteiger partial charge in [-0.1, -0.05) is 0 Å². The van der Waals surface area contributed by atoms with Crippen molar-refractivity contribution in [2.75, 3.05) is 31.6 Å². The monoisotopic (exact) mass is 313 g/mol. The van der Waals surface area contributed by atoms with Crippen LogP contribution in [-0.2, 0) is 4.74 Å². The van der Waals surface area contributed by atoms with Crippen LogP contribution in [0.1, 0.15) is 12.8 Å². The first-order valence-electron chi connectivity index (χ1n) is 6.90. The number of rotatable bonds is 4. The van der Waals surface area contributed by atoms with Crippen LogP contribution < -0.4 is 5.32 Å². The van der Waals surface area contributed by atoms with Gasteiger partial charge in [0.05, 0.1) is 17.6 Å². The Bertz CT molecular complexity index is 544. The summed E-state index contributed by atoms with van der Waals surface area (Å²) in [7, 11) is 0. The van der Waals surface area contributed by atoms with Crippen molar-refractivity contribution in [1.29, 1.82) is 0 Å². The van der Waals surface area contributed by atoms with E-state index in [2.05, 4.69) is 20.2 Å². The Labute approximate surface area is 126 Å². The Hall–Kier alpha value is -1.51. The lowest BCUT2D eigenvalue weighted by molar-refractivity contribution is -0.384. The number of nitrogens with one attached hydrogen (secondary N) is 1. The van der Waals surface area contributed by atoms with Crippen molar-refractivity contribution in [3.63, 3.8) is 0 Å². The predicted molar refractivity (Wildman–Crippen MR) is 76.5 cm³/mol. The number of nitro groups is 1. The standard InChI is InChI=1S/C12H16ClN5O3/c13-12-15-5-10(18(19)20)11(16-12)14-4-9-6-17-3-1-2-8(17)7-21-9/h5,8-9H,1-4,6-7H2,(H,14,15,16). The maximum atomic E-state index is 10.9. The number of hydrogen-bond acceptors (Lipinski definition) is 7. The molecule has 1 N–H and O–H groups in total. The number of nitrogens with zero attached hydrogens (tertiary/aromatic N) is 4. The highest BCUT2D eigenvalue weighted by Gasteiger charge is 2.32. The summed E-state index contributed by atoms with van der Waals surface area (Å²) in [5.74, 6) is 0.132. The maximum Gasteiger partial charge on any atom is 0.329 e. The number of aromatic nitrogens is 2. The van der Waals surface area contributed by atoms with Gasteiger partial charge in [0.2, 0.25) is 11.1 Å². The number of ether oxygens (including phenoxy) is 1. The lowest BCUT2D eigenvalue weighted by atomic mass is 10.2. The minimum atomic E-state index is -0.531. The number of fused-ring (bicyclic) bond motifs is 1. The molecule has 0 radical (unpaired) electrons. The van der Waals surface area contributed by atoms with Crippen LogP contribution in [0.15, 0.2) is 6.20 Å². The van der Waals surface area contributed by atoms with Crippen molar-refractivity contribution in [2.24, 2.45) is 0 Å². The fourth-order valence-electron chi connectivity index (χ4n) is 2.84. The van der Waals surface area contributed by atoms with Crippen molar-refractivity contribution in [3.05, 3.63) is 21.6 Å². The van der Waals surface area contributed by atoms with Crippen molar-refractivity contribution in [2.45, 2.75) is 25.0 Å². The molecule has 9 heteroatoms. The van der Waals surface area contributed by atoms with Gasteiger partial charge in [0, 0.05) is 19.1 Å². The molecule has 0 saturated carbocycles. The van der Waals surface area contributed by atoms with Crippen LogP contribution in [0.5, 0.6) is 0 Å². The minimum absolute atomic E-state index is 0.00676. The average Bonchev–Trinajstić information content (AvgIpc) is 2.92. The summed E-state index contributed by atoms with van der Waals surface area (Å²) in [4.78, 5) is 20.3. The van der Waals surface area contributed by atoms with Crippen molar-refractivity contribution in [3.8, 4) is 0 Å². The van der Waals surface area contributed by atoms with Gasteiger partial charge >= 0.3 is 5.69 Å². The summed E-state index contributed by atoms with van der Waals surface area (Å²) in [5, 5.41) is 13.9. The SMILES string of the molecule is O=[N+]([O-])c1cnc(Cl)nc1NCC1CN2CCCC2CO1. The van der Waals surface area contributed by atoms with E-state index in [0.29, 0.717) is 12.6 Å². The third-order valence-corrected chi connectivity index (χ3v) is 4.08. The van der Waals surface area contributed by atoms with Crippen molar-refractivity contribution in [1.82, 2.24) is 14.9 Å². The molecule has 2 atom stereocenters. The maximum absolute atomic E-state index is 10.9. The van der Waals surface area contributed by atoms with E-state index in [9.17, 15) is 10.1 Å². The molecule has 21 heavy (non-hydrogen) atoms. The number of hydrogen-bond donors (Lipinski definition) is 1. The van der Waals surface area contributed by atoms with Crippen LogP contribution in [-0.4, -0.2) is 58.2 Å². The molecule has 2 unspecified atom stereocenters. The highest BCUT2D eigenvalue weighted by atomic mass is 35.5. The molecule has 3 heterocycles. The molecular formula is C12H16ClN5O3. The van der Waals surface area contributed by atoms with Crippen LogP contribution >= 0.6 is 11.6 Å². The molecular weight excluding hydrogens is 298 g/mol. The van der Waals surface area contributed by atoms with E-state index < -0.39 is 4.92 Å². The average molecular weight is 314 g/mol. The number of morpholine rings is 1. The predicted octanol–water partition coefficient (Wildman–Crippen LogP) is 1.31. The first kappa shape index (κ1) is 14.4. The van der Waals surface area contributed by atoms with E-state index in [1.165, 1.54) is 12.8 Å². The zero-order chi connectivity index (χ0) is 14.8. The fraction of sp³-hybridized carbons (Fsp3) is 0.667. The first-order chi connectivity index (χ1) is 10.1. The van der Waals surface area contributed by atoms with Gasteiger partial charge in [-0.3, -0.25) is 15.0 Å². The van der Waals surface area contributed by atoms with Gasteiger partial charge in [0.15, 0.2) is 0 Å². The quantitative estimate of drug-likeness (QED) is 0.509. The molecule has 1 aromatic rings. The molecule has 2 aliphatic rings. The van der Waals surface area contributed by atoms with Gasteiger partial charge in [-0.05, 0) is 31.0 Å². The second-order valence-corrected chi connectivity index (χ2v) is 5.60. The van der Waals surface area contributed by atoms with E-state index >= 15 is 0 Å². The second kappa shape index (κ2) is 6.08. The van der Waals surface area contributed by atoms with Crippen molar-refractivity contribution < 1.29 is 9.66 Å². The number of halogens is 1. The molecule has 0 aromatic carbocycles. The Morgan fingerprint density at radius 1 is 1.62 bits per heavy atom. The van der Waals surface area contributed by atoms with E-state index in [-0.39, 0.29) is 22.9 Å². The molecule has 0 spiro atoms. The fourth-order valence-corrected chi connectivity index (χ4v) is 2.97. The summed E-state index contributed by atoms with van der Waals surface area (Å²) in [6, 6.07) is 0.532. The summed E-state index contributed by atoms with van der Waals surface area (Å²) in [6.07, 6.45) is 3.50.